The van der Waals surface area contributed by atoms with Crippen molar-refractivity contribution >= 4 is 0 Å². The van der Waals surface area contributed by atoms with Gasteiger partial charge in [-0.1, -0.05) is 31.9 Å². The van der Waals surface area contributed by atoms with E-state index in [2.05, 4.69) is 60.4 Å². The number of hydrogen-bond donors (Lipinski definition) is 2. The Hall–Kier alpha value is -2.56. The minimum Gasteiger partial charge on any atom is -0.368 e. The zero-order valence-corrected chi connectivity index (χ0v) is 15.2. The number of aromatic nitrogens is 3. The summed E-state index contributed by atoms with van der Waals surface area (Å²) in [4.78, 5) is 4.27. The summed E-state index contributed by atoms with van der Waals surface area (Å²) < 4.78 is 1.97. The lowest BCUT2D eigenvalue weighted by Crippen LogP contribution is -2.42. The fraction of sp³-hybridized carbons (Fsp3) is 0.400. The van der Waals surface area contributed by atoms with Crippen molar-refractivity contribution in [2.45, 2.75) is 51.7 Å². The lowest BCUT2D eigenvalue weighted by molar-refractivity contribution is 0.371. The van der Waals surface area contributed by atoms with Gasteiger partial charge in [0, 0.05) is 18.5 Å². The van der Waals surface area contributed by atoms with Crippen LogP contribution in [-0.4, -0.2) is 26.8 Å². The summed E-state index contributed by atoms with van der Waals surface area (Å²) in [6, 6.07) is 0.532. The number of aryl methyl sites for hydroxylation is 1. The third-order valence-corrected chi connectivity index (χ3v) is 5.12. The molecule has 0 saturated heterocycles. The molecule has 0 bridgehead atoms. The minimum atomic E-state index is 0.206. The molecule has 0 saturated carbocycles. The van der Waals surface area contributed by atoms with Crippen molar-refractivity contribution in [2.24, 2.45) is 0 Å². The third kappa shape index (κ3) is 3.60. The molecule has 1 aromatic heterocycles. The van der Waals surface area contributed by atoms with Crippen molar-refractivity contribution in [3.05, 3.63) is 72.2 Å². The van der Waals surface area contributed by atoms with Gasteiger partial charge in [-0.2, -0.15) is 5.10 Å². The molecule has 0 fully saturated rings. The van der Waals surface area contributed by atoms with E-state index in [9.17, 15) is 0 Å². The molecule has 2 N–H and O–H groups in total. The summed E-state index contributed by atoms with van der Waals surface area (Å²) in [6.45, 7) is 17.3. The number of nitrogens with one attached hydrogen (secondary N) is 2. The predicted molar refractivity (Wildman–Crippen MR) is 102 cm³/mol. The fourth-order valence-corrected chi connectivity index (χ4v) is 3.65. The number of rotatable bonds is 6. The van der Waals surface area contributed by atoms with Crippen molar-refractivity contribution in [1.82, 2.24) is 25.4 Å². The molecule has 3 rings (SSSR count). The Balaban J connectivity index is 1.57. The van der Waals surface area contributed by atoms with Crippen LogP contribution in [0.5, 0.6) is 0 Å². The highest BCUT2D eigenvalue weighted by Gasteiger charge is 2.24. The van der Waals surface area contributed by atoms with Gasteiger partial charge in [-0.15, -0.1) is 0 Å². The Kier molecular flexibility index (Phi) is 4.93. The van der Waals surface area contributed by atoms with Gasteiger partial charge in [-0.3, -0.25) is 0 Å². The molecule has 2 heterocycles. The highest BCUT2D eigenvalue weighted by molar-refractivity contribution is 5.56. The molecule has 5 heteroatoms. The van der Waals surface area contributed by atoms with Gasteiger partial charge >= 0.3 is 0 Å². The van der Waals surface area contributed by atoms with Crippen LogP contribution >= 0.6 is 0 Å². The highest BCUT2D eigenvalue weighted by Crippen LogP contribution is 2.36. The molecule has 1 aliphatic heterocycles. The molecule has 132 valence electrons. The normalized spacial score (nSPS) is 22.7. The van der Waals surface area contributed by atoms with Gasteiger partial charge < -0.3 is 10.6 Å². The van der Waals surface area contributed by atoms with Crippen LogP contribution in [0.3, 0.4) is 0 Å². The van der Waals surface area contributed by atoms with E-state index in [1.165, 1.54) is 16.7 Å². The van der Waals surface area contributed by atoms with E-state index in [0.717, 1.165) is 43.0 Å². The smallest absolute Gasteiger partial charge is 0.138 e. The zero-order valence-electron chi connectivity index (χ0n) is 15.2. The molecule has 25 heavy (non-hydrogen) atoms. The molecule has 1 aromatic rings. The number of fused-ring (bicyclic) bond motifs is 1. The summed E-state index contributed by atoms with van der Waals surface area (Å²) in [5, 5.41) is 11.3. The second-order valence-corrected chi connectivity index (χ2v) is 6.82. The summed E-state index contributed by atoms with van der Waals surface area (Å²) in [6.07, 6.45) is 8.42. The third-order valence-electron chi connectivity index (χ3n) is 5.12. The lowest BCUT2D eigenvalue weighted by Gasteiger charge is -2.27. The van der Waals surface area contributed by atoms with Crippen LogP contribution in [0.2, 0.25) is 0 Å². The van der Waals surface area contributed by atoms with Gasteiger partial charge in [0.15, 0.2) is 0 Å². The van der Waals surface area contributed by atoms with Crippen molar-refractivity contribution in [2.75, 3.05) is 0 Å². The standard InChI is InChI=1S/C20H27N5/c1-6-7-17-10-19(14(3)13(17)2)15(4)23-16(5)24-18-8-9-20-21-12-22-25(20)11-18/h6-7,12,15,18,23-24H,1-2,5,8-11H2,3-4H3/b17-7-. The first-order chi connectivity index (χ1) is 12.0. The van der Waals surface area contributed by atoms with E-state index in [1.807, 2.05) is 10.8 Å². The van der Waals surface area contributed by atoms with Crippen LogP contribution in [0.1, 0.15) is 32.5 Å². The van der Waals surface area contributed by atoms with Crippen molar-refractivity contribution < 1.29 is 0 Å². The second kappa shape index (κ2) is 7.13. The maximum absolute atomic E-state index is 4.27. The van der Waals surface area contributed by atoms with Crippen molar-refractivity contribution in [1.29, 1.82) is 0 Å². The van der Waals surface area contributed by atoms with Crippen LogP contribution < -0.4 is 10.6 Å². The predicted octanol–water partition coefficient (Wildman–Crippen LogP) is 3.02. The van der Waals surface area contributed by atoms with Gasteiger partial charge in [0.05, 0.1) is 12.4 Å². The highest BCUT2D eigenvalue weighted by atomic mass is 15.3. The number of hydrogen-bond acceptors (Lipinski definition) is 4. The van der Waals surface area contributed by atoms with Gasteiger partial charge in [-0.25, -0.2) is 9.67 Å². The molecule has 2 unspecified atom stereocenters. The van der Waals surface area contributed by atoms with E-state index >= 15 is 0 Å². The summed E-state index contributed by atoms with van der Waals surface area (Å²) >= 11 is 0. The number of allylic oxidation sites excluding steroid dienone is 5. The Morgan fingerprint density at radius 3 is 3.04 bits per heavy atom. The summed E-state index contributed by atoms with van der Waals surface area (Å²) in [5.74, 6) is 1.92. The Morgan fingerprint density at radius 2 is 2.28 bits per heavy atom. The molecule has 0 aromatic carbocycles. The molecule has 2 atom stereocenters. The SMILES string of the molecule is C=C/C=C1/CC(C(C)NC(=C)NC2CCc3ncnn3C2)=C(C)C1=C. The first-order valence-corrected chi connectivity index (χ1v) is 8.79. The molecule has 0 spiro atoms. The van der Waals surface area contributed by atoms with Crippen LogP contribution in [0.15, 0.2) is 66.3 Å². The molecule has 5 nitrogen and oxygen atoms in total. The molecule has 2 aliphatic rings. The van der Waals surface area contributed by atoms with E-state index < -0.39 is 0 Å². The van der Waals surface area contributed by atoms with Crippen molar-refractivity contribution in [3.8, 4) is 0 Å². The van der Waals surface area contributed by atoms with E-state index in [1.54, 1.807) is 6.33 Å². The topological polar surface area (TPSA) is 54.8 Å². The monoisotopic (exact) mass is 337 g/mol. The van der Waals surface area contributed by atoms with Crippen LogP contribution in [0.4, 0.5) is 0 Å². The first kappa shape index (κ1) is 17.3. The largest absolute Gasteiger partial charge is 0.368 e. The maximum Gasteiger partial charge on any atom is 0.138 e. The minimum absolute atomic E-state index is 0.206. The van der Waals surface area contributed by atoms with Crippen molar-refractivity contribution in [3.63, 3.8) is 0 Å². The van der Waals surface area contributed by atoms with Gasteiger partial charge in [0.2, 0.25) is 0 Å². The average molecular weight is 337 g/mol. The van der Waals surface area contributed by atoms with E-state index in [-0.39, 0.29) is 6.04 Å². The molecular weight excluding hydrogens is 310 g/mol. The Bertz CT molecular complexity index is 765. The zero-order chi connectivity index (χ0) is 18.0. The van der Waals surface area contributed by atoms with E-state index in [4.69, 9.17) is 0 Å². The van der Waals surface area contributed by atoms with Gasteiger partial charge in [-0.05, 0) is 49.0 Å². The average Bonchev–Trinajstić information content (AvgIpc) is 3.14. The summed E-state index contributed by atoms with van der Waals surface area (Å²) in [5.41, 5.74) is 5.00. The molecule has 0 radical (unpaired) electrons. The Labute approximate surface area is 149 Å². The van der Waals surface area contributed by atoms with Crippen LogP contribution in [-0.2, 0) is 13.0 Å². The van der Waals surface area contributed by atoms with Gasteiger partial charge in [0.1, 0.15) is 12.2 Å². The fourth-order valence-electron chi connectivity index (χ4n) is 3.65. The second-order valence-electron chi connectivity index (χ2n) is 6.82. The Morgan fingerprint density at radius 1 is 1.48 bits per heavy atom. The summed E-state index contributed by atoms with van der Waals surface area (Å²) in [7, 11) is 0. The molecule has 1 aliphatic carbocycles. The first-order valence-electron chi connectivity index (χ1n) is 8.79. The lowest BCUT2D eigenvalue weighted by atomic mass is 10.0. The molecular formula is C20H27N5. The number of nitrogens with zero attached hydrogens (tertiary/aromatic N) is 3. The molecule has 0 amide bonds. The maximum atomic E-state index is 4.27. The van der Waals surface area contributed by atoms with Gasteiger partial charge in [0.25, 0.3) is 0 Å². The van der Waals surface area contributed by atoms with E-state index in [0.29, 0.717) is 6.04 Å². The quantitative estimate of drug-likeness (QED) is 0.838. The van der Waals surface area contributed by atoms with Crippen LogP contribution in [0, 0.1) is 0 Å². The van der Waals surface area contributed by atoms with Crippen LogP contribution in [0.25, 0.3) is 0 Å².